The van der Waals surface area contributed by atoms with E-state index < -0.39 is 0 Å². The van der Waals surface area contributed by atoms with E-state index in [9.17, 15) is 0 Å². The van der Waals surface area contributed by atoms with Crippen molar-refractivity contribution in [3.8, 4) is 0 Å². The van der Waals surface area contributed by atoms with Gasteiger partial charge in [-0.1, -0.05) is 0 Å². The van der Waals surface area contributed by atoms with Gasteiger partial charge in [-0.15, -0.1) is 0 Å². The summed E-state index contributed by atoms with van der Waals surface area (Å²) < 4.78 is 5.35. The van der Waals surface area contributed by atoms with E-state index in [0.29, 0.717) is 12.1 Å². The summed E-state index contributed by atoms with van der Waals surface area (Å²) >= 11 is 5.33. The number of nitrogens with one attached hydrogen (secondary N) is 1. The zero-order valence-electron chi connectivity index (χ0n) is 7.95. The molecule has 0 bridgehead atoms. The van der Waals surface area contributed by atoms with E-state index in [0.717, 1.165) is 24.9 Å². The summed E-state index contributed by atoms with van der Waals surface area (Å²) in [6.07, 6.45) is 2.55. The first-order valence-electron chi connectivity index (χ1n) is 4.92. The van der Waals surface area contributed by atoms with Gasteiger partial charge in [0, 0.05) is 12.6 Å². The lowest BCUT2D eigenvalue weighted by Gasteiger charge is -2.35. The van der Waals surface area contributed by atoms with E-state index in [-0.39, 0.29) is 0 Å². The van der Waals surface area contributed by atoms with Gasteiger partial charge in [0.15, 0.2) is 5.11 Å². The molecule has 3 nitrogen and oxygen atoms in total. The van der Waals surface area contributed by atoms with Gasteiger partial charge in [0.1, 0.15) is 0 Å². The van der Waals surface area contributed by atoms with E-state index >= 15 is 0 Å². The Morgan fingerprint density at radius 3 is 2.92 bits per heavy atom. The van der Waals surface area contributed by atoms with Gasteiger partial charge in [-0.3, -0.25) is 0 Å². The van der Waals surface area contributed by atoms with Crippen LogP contribution >= 0.6 is 12.2 Å². The van der Waals surface area contributed by atoms with Crippen LogP contribution in [0.25, 0.3) is 0 Å². The van der Waals surface area contributed by atoms with Crippen molar-refractivity contribution < 1.29 is 4.74 Å². The Morgan fingerprint density at radius 1 is 1.54 bits per heavy atom. The van der Waals surface area contributed by atoms with Crippen LogP contribution in [0.5, 0.6) is 0 Å². The highest BCUT2D eigenvalue weighted by atomic mass is 32.1. The van der Waals surface area contributed by atoms with Gasteiger partial charge in [0.2, 0.25) is 0 Å². The Bertz CT molecular complexity index is 206. The molecule has 2 fully saturated rings. The normalized spacial score (nSPS) is 28.7. The monoisotopic (exact) mass is 200 g/mol. The van der Waals surface area contributed by atoms with Crippen LogP contribution < -0.4 is 5.32 Å². The summed E-state index contributed by atoms with van der Waals surface area (Å²) in [6.45, 7) is 4.68. The Hall–Kier alpha value is -0.350. The minimum absolute atomic E-state index is 0.424. The third-order valence-corrected chi connectivity index (χ3v) is 2.89. The first-order valence-corrected chi connectivity index (χ1v) is 5.33. The average Bonchev–Trinajstić information content (AvgIpc) is 2.89. The Morgan fingerprint density at radius 2 is 2.31 bits per heavy atom. The van der Waals surface area contributed by atoms with Gasteiger partial charge in [0.05, 0.1) is 19.3 Å². The number of morpholine rings is 1. The molecule has 2 aliphatic rings. The van der Waals surface area contributed by atoms with Gasteiger partial charge >= 0.3 is 0 Å². The van der Waals surface area contributed by atoms with Crippen molar-refractivity contribution in [1.29, 1.82) is 0 Å². The molecule has 1 atom stereocenters. The molecule has 1 saturated heterocycles. The van der Waals surface area contributed by atoms with Gasteiger partial charge in [0.25, 0.3) is 0 Å². The molecule has 4 heteroatoms. The van der Waals surface area contributed by atoms with Gasteiger partial charge in [-0.25, -0.2) is 0 Å². The zero-order valence-corrected chi connectivity index (χ0v) is 8.77. The maximum absolute atomic E-state index is 5.35. The maximum Gasteiger partial charge on any atom is 0.169 e. The van der Waals surface area contributed by atoms with Crippen molar-refractivity contribution in [1.82, 2.24) is 10.2 Å². The van der Waals surface area contributed by atoms with Crippen LogP contribution in [-0.2, 0) is 4.74 Å². The number of hydrogen-bond donors (Lipinski definition) is 1. The van der Waals surface area contributed by atoms with E-state index in [1.54, 1.807) is 0 Å². The molecule has 0 aromatic heterocycles. The molecule has 1 saturated carbocycles. The van der Waals surface area contributed by atoms with Crippen LogP contribution in [0.15, 0.2) is 0 Å². The SMILES string of the molecule is CC1COCCN1C(=S)NC1CC1. The molecule has 1 heterocycles. The first kappa shape index (κ1) is 9.21. The lowest BCUT2D eigenvalue weighted by atomic mass is 10.3. The highest BCUT2D eigenvalue weighted by Gasteiger charge is 2.26. The molecule has 1 N–H and O–H groups in total. The second-order valence-corrected chi connectivity index (χ2v) is 4.23. The standard InChI is InChI=1S/C9H16N2OS/c1-7-6-12-5-4-11(7)9(13)10-8-2-3-8/h7-8H,2-6H2,1H3,(H,10,13). The van der Waals surface area contributed by atoms with Crippen LogP contribution in [-0.4, -0.2) is 41.9 Å². The highest BCUT2D eigenvalue weighted by molar-refractivity contribution is 7.80. The average molecular weight is 200 g/mol. The molecular formula is C9H16N2OS. The molecular weight excluding hydrogens is 184 g/mol. The molecule has 2 rings (SSSR count). The molecule has 0 radical (unpaired) electrons. The van der Waals surface area contributed by atoms with Crippen LogP contribution in [0.1, 0.15) is 19.8 Å². The molecule has 1 unspecified atom stereocenters. The van der Waals surface area contributed by atoms with Crippen molar-refractivity contribution in [2.75, 3.05) is 19.8 Å². The summed E-state index contributed by atoms with van der Waals surface area (Å²) in [5.41, 5.74) is 0. The van der Waals surface area contributed by atoms with E-state index in [1.807, 2.05) is 0 Å². The molecule has 0 spiro atoms. The molecule has 0 amide bonds. The third-order valence-electron chi connectivity index (χ3n) is 2.53. The smallest absolute Gasteiger partial charge is 0.169 e. The highest BCUT2D eigenvalue weighted by Crippen LogP contribution is 2.19. The van der Waals surface area contributed by atoms with Crippen molar-refractivity contribution in [3.05, 3.63) is 0 Å². The molecule has 74 valence electrons. The summed E-state index contributed by atoms with van der Waals surface area (Å²) in [7, 11) is 0. The quantitative estimate of drug-likeness (QED) is 0.631. The Balaban J connectivity index is 1.85. The lowest BCUT2D eigenvalue weighted by Crippen LogP contribution is -2.51. The van der Waals surface area contributed by atoms with Crippen LogP contribution in [0.4, 0.5) is 0 Å². The van der Waals surface area contributed by atoms with Gasteiger partial charge in [-0.05, 0) is 32.0 Å². The summed E-state index contributed by atoms with van der Waals surface area (Å²) in [4.78, 5) is 2.23. The molecule has 0 aromatic carbocycles. The zero-order chi connectivity index (χ0) is 9.26. The van der Waals surface area contributed by atoms with E-state index in [1.165, 1.54) is 12.8 Å². The van der Waals surface area contributed by atoms with Crippen molar-refractivity contribution in [2.24, 2.45) is 0 Å². The number of hydrogen-bond acceptors (Lipinski definition) is 2. The van der Waals surface area contributed by atoms with Gasteiger partial charge in [-0.2, -0.15) is 0 Å². The number of thiocarbonyl (C=S) groups is 1. The topological polar surface area (TPSA) is 24.5 Å². The Kier molecular flexibility index (Phi) is 2.69. The van der Waals surface area contributed by atoms with Crippen molar-refractivity contribution >= 4 is 17.3 Å². The van der Waals surface area contributed by atoms with Crippen LogP contribution in [0.2, 0.25) is 0 Å². The minimum Gasteiger partial charge on any atom is -0.377 e. The third kappa shape index (κ3) is 2.31. The largest absolute Gasteiger partial charge is 0.377 e. The fraction of sp³-hybridized carbons (Fsp3) is 0.889. The fourth-order valence-corrected chi connectivity index (χ4v) is 1.95. The lowest BCUT2D eigenvalue weighted by molar-refractivity contribution is 0.0328. The number of nitrogens with zero attached hydrogens (tertiary/aromatic N) is 1. The van der Waals surface area contributed by atoms with E-state index in [2.05, 4.69) is 17.1 Å². The maximum atomic E-state index is 5.35. The van der Waals surface area contributed by atoms with Crippen LogP contribution in [0, 0.1) is 0 Å². The second kappa shape index (κ2) is 3.80. The first-order chi connectivity index (χ1) is 6.27. The van der Waals surface area contributed by atoms with E-state index in [4.69, 9.17) is 17.0 Å². The predicted molar refractivity (Wildman–Crippen MR) is 55.7 cm³/mol. The summed E-state index contributed by atoms with van der Waals surface area (Å²) in [5.74, 6) is 0. The molecule has 1 aliphatic carbocycles. The number of rotatable bonds is 1. The number of ether oxygens (including phenoxy) is 1. The predicted octanol–water partition coefficient (Wildman–Crippen LogP) is 0.744. The summed E-state index contributed by atoms with van der Waals surface area (Å²) in [6, 6.07) is 1.08. The molecule has 0 aromatic rings. The van der Waals surface area contributed by atoms with Crippen molar-refractivity contribution in [3.63, 3.8) is 0 Å². The van der Waals surface area contributed by atoms with Crippen LogP contribution in [0.3, 0.4) is 0 Å². The molecule has 1 aliphatic heterocycles. The molecule has 13 heavy (non-hydrogen) atoms. The van der Waals surface area contributed by atoms with Crippen molar-refractivity contribution in [2.45, 2.75) is 31.8 Å². The Labute approximate surface area is 84.4 Å². The summed E-state index contributed by atoms with van der Waals surface area (Å²) in [5, 5.41) is 4.27. The fourth-order valence-electron chi connectivity index (χ4n) is 1.51. The van der Waals surface area contributed by atoms with Gasteiger partial charge < -0.3 is 15.0 Å². The minimum atomic E-state index is 0.424. The second-order valence-electron chi connectivity index (χ2n) is 3.84.